The van der Waals surface area contributed by atoms with Crippen LogP contribution in [-0.4, -0.2) is 58.8 Å². The van der Waals surface area contributed by atoms with Gasteiger partial charge < -0.3 is 24.0 Å². The van der Waals surface area contributed by atoms with E-state index in [1.165, 1.54) is 6.26 Å². The molecule has 4 aromatic rings. The minimum Gasteiger partial charge on any atom is -0.459 e. The monoisotopic (exact) mass is 489 g/mol. The van der Waals surface area contributed by atoms with Gasteiger partial charge in [-0.15, -0.1) is 10.2 Å². The van der Waals surface area contributed by atoms with Crippen LogP contribution in [0, 0.1) is 0 Å². The zero-order valence-electron chi connectivity index (χ0n) is 18.8. The molecule has 0 spiro atoms. The summed E-state index contributed by atoms with van der Waals surface area (Å²) in [6.45, 7) is 2.84. The summed E-state index contributed by atoms with van der Waals surface area (Å²) in [6.07, 6.45) is 1.53. The zero-order valence-corrected chi connectivity index (χ0v) is 19.6. The zero-order chi connectivity index (χ0) is 24.0. The van der Waals surface area contributed by atoms with Crippen LogP contribution in [0.4, 0.5) is 11.4 Å². The Bertz CT molecular complexity index is 1270. The number of hydrogen-bond donors (Lipinski definition) is 1. The SMILES string of the molecule is O=C(CSc1nnc(-c2ccco2)o1)Nc1ccc(N2CCN(C(=O)c3ccccc3)CC2)cc1. The molecular weight excluding hydrogens is 466 g/mol. The van der Waals surface area contributed by atoms with Gasteiger partial charge in [0, 0.05) is 43.1 Å². The van der Waals surface area contributed by atoms with Crippen molar-refractivity contribution in [3.63, 3.8) is 0 Å². The van der Waals surface area contributed by atoms with E-state index in [1.807, 2.05) is 59.5 Å². The van der Waals surface area contributed by atoms with E-state index < -0.39 is 0 Å². The molecule has 10 heteroatoms. The fourth-order valence-corrected chi connectivity index (χ4v) is 4.34. The largest absolute Gasteiger partial charge is 0.459 e. The summed E-state index contributed by atoms with van der Waals surface area (Å²) in [5.74, 6) is 0.795. The van der Waals surface area contributed by atoms with Gasteiger partial charge in [-0.05, 0) is 48.5 Å². The van der Waals surface area contributed by atoms with Crippen molar-refractivity contribution in [2.24, 2.45) is 0 Å². The number of nitrogens with zero attached hydrogens (tertiary/aromatic N) is 4. The van der Waals surface area contributed by atoms with Gasteiger partial charge in [-0.2, -0.15) is 0 Å². The molecule has 5 rings (SSSR count). The number of aromatic nitrogens is 2. The van der Waals surface area contributed by atoms with Crippen LogP contribution in [0.5, 0.6) is 0 Å². The molecule has 0 aliphatic carbocycles. The second-order valence-electron chi connectivity index (χ2n) is 7.88. The van der Waals surface area contributed by atoms with Gasteiger partial charge in [0.1, 0.15) is 0 Å². The lowest BCUT2D eigenvalue weighted by Crippen LogP contribution is -2.48. The van der Waals surface area contributed by atoms with E-state index >= 15 is 0 Å². The Kier molecular flexibility index (Phi) is 6.80. The van der Waals surface area contributed by atoms with Gasteiger partial charge in [0.2, 0.25) is 5.91 Å². The number of anilines is 2. The molecule has 0 bridgehead atoms. The third kappa shape index (κ3) is 5.55. The molecule has 0 atom stereocenters. The molecule has 1 aliphatic rings. The number of benzene rings is 2. The van der Waals surface area contributed by atoms with E-state index in [9.17, 15) is 9.59 Å². The lowest BCUT2D eigenvalue weighted by Gasteiger charge is -2.36. The fraction of sp³-hybridized carbons (Fsp3) is 0.200. The summed E-state index contributed by atoms with van der Waals surface area (Å²) in [5, 5.41) is 11.0. The second-order valence-corrected chi connectivity index (χ2v) is 8.81. The molecule has 35 heavy (non-hydrogen) atoms. The van der Waals surface area contributed by atoms with Crippen LogP contribution < -0.4 is 10.2 Å². The highest BCUT2D eigenvalue weighted by molar-refractivity contribution is 7.99. The first-order valence-electron chi connectivity index (χ1n) is 11.1. The van der Waals surface area contributed by atoms with E-state index in [4.69, 9.17) is 8.83 Å². The molecule has 2 aromatic carbocycles. The normalized spacial score (nSPS) is 13.6. The van der Waals surface area contributed by atoms with Crippen molar-refractivity contribution in [1.29, 1.82) is 0 Å². The van der Waals surface area contributed by atoms with E-state index in [1.54, 1.807) is 12.1 Å². The number of carbonyl (C=O) groups excluding carboxylic acids is 2. The molecule has 0 radical (unpaired) electrons. The first-order chi connectivity index (χ1) is 17.2. The number of carbonyl (C=O) groups is 2. The van der Waals surface area contributed by atoms with Crippen LogP contribution in [0.15, 0.2) is 87.1 Å². The van der Waals surface area contributed by atoms with Gasteiger partial charge >= 0.3 is 0 Å². The van der Waals surface area contributed by atoms with E-state index in [-0.39, 0.29) is 23.5 Å². The number of piperazine rings is 1. The molecule has 178 valence electrons. The van der Waals surface area contributed by atoms with E-state index in [2.05, 4.69) is 20.4 Å². The number of furan rings is 1. The molecule has 0 unspecified atom stereocenters. The predicted octanol–water partition coefficient (Wildman–Crippen LogP) is 4.02. The molecule has 9 nitrogen and oxygen atoms in total. The first-order valence-corrected chi connectivity index (χ1v) is 12.1. The van der Waals surface area contributed by atoms with Crippen LogP contribution in [-0.2, 0) is 4.79 Å². The van der Waals surface area contributed by atoms with Crippen LogP contribution in [0.25, 0.3) is 11.7 Å². The maximum atomic E-state index is 12.6. The predicted molar refractivity (Wildman–Crippen MR) is 132 cm³/mol. The summed E-state index contributed by atoms with van der Waals surface area (Å²) < 4.78 is 10.7. The maximum Gasteiger partial charge on any atom is 0.284 e. The molecule has 1 saturated heterocycles. The number of thioether (sulfide) groups is 1. The summed E-state index contributed by atoms with van der Waals surface area (Å²) in [6, 6.07) is 20.5. The van der Waals surface area contributed by atoms with Gasteiger partial charge in [0.15, 0.2) is 5.76 Å². The lowest BCUT2D eigenvalue weighted by molar-refractivity contribution is -0.113. The van der Waals surface area contributed by atoms with Crippen molar-refractivity contribution in [3.05, 3.63) is 78.6 Å². The van der Waals surface area contributed by atoms with Crippen molar-refractivity contribution in [2.75, 3.05) is 42.1 Å². The highest BCUT2D eigenvalue weighted by Gasteiger charge is 2.22. The Morgan fingerprint density at radius 2 is 1.69 bits per heavy atom. The van der Waals surface area contributed by atoms with Gasteiger partial charge in [-0.3, -0.25) is 9.59 Å². The Labute approximate surface area is 206 Å². The van der Waals surface area contributed by atoms with Crippen molar-refractivity contribution in [3.8, 4) is 11.7 Å². The van der Waals surface area contributed by atoms with Crippen molar-refractivity contribution >= 4 is 35.0 Å². The summed E-state index contributed by atoms with van der Waals surface area (Å²) >= 11 is 1.16. The van der Waals surface area contributed by atoms with Gasteiger partial charge in [-0.25, -0.2) is 0 Å². The molecule has 3 heterocycles. The fourth-order valence-electron chi connectivity index (χ4n) is 3.78. The van der Waals surface area contributed by atoms with Crippen LogP contribution >= 0.6 is 11.8 Å². The quantitative estimate of drug-likeness (QED) is 0.388. The van der Waals surface area contributed by atoms with Crippen molar-refractivity contribution < 1.29 is 18.4 Å². The number of nitrogens with one attached hydrogen (secondary N) is 1. The third-order valence-corrected chi connectivity index (χ3v) is 6.39. The van der Waals surface area contributed by atoms with Gasteiger partial charge in [0.05, 0.1) is 12.0 Å². The van der Waals surface area contributed by atoms with E-state index in [0.717, 1.165) is 36.1 Å². The molecular formula is C25H23N5O4S. The number of amides is 2. The van der Waals surface area contributed by atoms with Crippen molar-refractivity contribution in [1.82, 2.24) is 15.1 Å². The average molecular weight is 490 g/mol. The molecule has 0 saturated carbocycles. The highest BCUT2D eigenvalue weighted by atomic mass is 32.2. The summed E-state index contributed by atoms with van der Waals surface area (Å²) in [5.41, 5.74) is 2.48. The summed E-state index contributed by atoms with van der Waals surface area (Å²) in [4.78, 5) is 29.1. The Hall–Kier alpha value is -4.05. The molecule has 2 aromatic heterocycles. The smallest absolute Gasteiger partial charge is 0.284 e. The maximum absolute atomic E-state index is 12.6. The van der Waals surface area contributed by atoms with Crippen LogP contribution in [0.2, 0.25) is 0 Å². The Balaban J connectivity index is 1.09. The first kappa shape index (κ1) is 22.7. The number of rotatable bonds is 7. The molecule has 1 aliphatic heterocycles. The topological polar surface area (TPSA) is 105 Å². The lowest BCUT2D eigenvalue weighted by atomic mass is 10.1. The minimum absolute atomic E-state index is 0.0684. The molecule has 1 N–H and O–H groups in total. The van der Waals surface area contributed by atoms with Gasteiger partial charge in [0.25, 0.3) is 17.0 Å². The average Bonchev–Trinajstić information content (AvgIpc) is 3.61. The standard InChI is InChI=1S/C25H23N5O4S/c31-22(17-35-25-28-27-23(34-25)21-7-4-16-33-21)26-19-8-10-20(11-9-19)29-12-14-30(15-13-29)24(32)18-5-2-1-3-6-18/h1-11,16H,12-15,17H2,(H,26,31). The molecule has 2 amide bonds. The molecule has 1 fully saturated rings. The Morgan fingerprint density at radius 1 is 0.914 bits per heavy atom. The minimum atomic E-state index is -0.173. The number of hydrogen-bond acceptors (Lipinski definition) is 8. The van der Waals surface area contributed by atoms with Crippen molar-refractivity contribution in [2.45, 2.75) is 5.22 Å². The second kappa shape index (κ2) is 10.5. The van der Waals surface area contributed by atoms with Crippen LogP contribution in [0.3, 0.4) is 0 Å². The third-order valence-electron chi connectivity index (χ3n) is 5.57. The van der Waals surface area contributed by atoms with E-state index in [0.29, 0.717) is 29.8 Å². The van der Waals surface area contributed by atoms with Gasteiger partial charge in [-0.1, -0.05) is 30.0 Å². The summed E-state index contributed by atoms with van der Waals surface area (Å²) in [7, 11) is 0. The van der Waals surface area contributed by atoms with Crippen LogP contribution in [0.1, 0.15) is 10.4 Å². The Morgan fingerprint density at radius 3 is 2.40 bits per heavy atom. The highest BCUT2D eigenvalue weighted by Crippen LogP contribution is 2.24.